The van der Waals surface area contributed by atoms with E-state index in [9.17, 15) is 5.11 Å². The van der Waals surface area contributed by atoms with Crippen molar-refractivity contribution in [1.82, 2.24) is 0 Å². The van der Waals surface area contributed by atoms with Gasteiger partial charge in [0.05, 0.1) is 0 Å². The average molecular weight is 282 g/mol. The first kappa shape index (κ1) is 15.6. The molecular weight excluding hydrogens is 256 g/mol. The fourth-order valence-electron chi connectivity index (χ4n) is 2.95. The molecule has 0 atom stereocenters. The van der Waals surface area contributed by atoms with E-state index in [0.29, 0.717) is 5.75 Å². The van der Waals surface area contributed by atoms with Crippen LogP contribution in [0.3, 0.4) is 0 Å². The molecule has 0 radical (unpaired) electrons. The molecule has 0 unspecified atom stereocenters. The zero-order valence-corrected chi connectivity index (χ0v) is 13.7. The summed E-state index contributed by atoms with van der Waals surface area (Å²) >= 11 is 0. The van der Waals surface area contributed by atoms with Crippen molar-refractivity contribution in [2.75, 3.05) is 0 Å². The van der Waals surface area contributed by atoms with Gasteiger partial charge in [0.15, 0.2) is 0 Å². The van der Waals surface area contributed by atoms with Crippen molar-refractivity contribution in [3.63, 3.8) is 0 Å². The Morgan fingerprint density at radius 1 is 0.714 bits per heavy atom. The Balaban J connectivity index is 2.66. The third-order valence-corrected chi connectivity index (χ3v) is 4.28. The van der Waals surface area contributed by atoms with E-state index in [0.717, 1.165) is 31.2 Å². The highest BCUT2D eigenvalue weighted by atomic mass is 16.3. The van der Waals surface area contributed by atoms with Crippen molar-refractivity contribution in [3.8, 4) is 16.9 Å². The van der Waals surface area contributed by atoms with E-state index < -0.39 is 0 Å². The molecule has 0 saturated carbocycles. The molecule has 1 nitrogen and oxygen atoms in total. The molecule has 2 aromatic carbocycles. The van der Waals surface area contributed by atoms with Crippen LogP contribution in [0, 0.1) is 0 Å². The lowest BCUT2D eigenvalue weighted by Crippen LogP contribution is -1.96. The lowest BCUT2D eigenvalue weighted by molar-refractivity contribution is 0.476. The number of benzene rings is 2. The topological polar surface area (TPSA) is 20.2 Å². The van der Waals surface area contributed by atoms with Crippen LogP contribution in [0.4, 0.5) is 0 Å². The summed E-state index contributed by atoms with van der Waals surface area (Å²) < 4.78 is 0. The number of hydrogen-bond donors (Lipinski definition) is 1. The maximum atomic E-state index is 10.5. The first-order chi connectivity index (χ1) is 10.1. The van der Waals surface area contributed by atoms with Crippen molar-refractivity contribution >= 4 is 0 Å². The van der Waals surface area contributed by atoms with Gasteiger partial charge in [0.2, 0.25) is 0 Å². The zero-order chi connectivity index (χ0) is 15.4. The molecule has 2 aromatic rings. The second kappa shape index (κ2) is 6.80. The van der Waals surface area contributed by atoms with Crippen LogP contribution in [0.15, 0.2) is 30.3 Å². The summed E-state index contributed by atoms with van der Waals surface area (Å²) in [4.78, 5) is 0. The first-order valence-corrected chi connectivity index (χ1v) is 8.11. The van der Waals surface area contributed by atoms with Gasteiger partial charge in [0, 0.05) is 5.56 Å². The molecule has 21 heavy (non-hydrogen) atoms. The van der Waals surface area contributed by atoms with E-state index in [4.69, 9.17) is 0 Å². The summed E-state index contributed by atoms with van der Waals surface area (Å²) in [6, 6.07) is 10.8. The Labute approximate surface area is 128 Å². The van der Waals surface area contributed by atoms with Crippen molar-refractivity contribution in [2.24, 2.45) is 0 Å². The number of phenolic OH excluding ortho intramolecular Hbond substituents is 1. The maximum absolute atomic E-state index is 10.5. The van der Waals surface area contributed by atoms with Crippen LogP contribution in [0.5, 0.6) is 5.75 Å². The maximum Gasteiger partial charge on any atom is 0.123 e. The lowest BCUT2D eigenvalue weighted by Gasteiger charge is -2.16. The van der Waals surface area contributed by atoms with E-state index in [1.165, 1.54) is 27.8 Å². The Hall–Kier alpha value is -1.76. The number of aryl methyl sites for hydroxylation is 4. The monoisotopic (exact) mass is 282 g/mol. The van der Waals surface area contributed by atoms with E-state index >= 15 is 0 Å². The molecule has 112 valence electrons. The fourth-order valence-corrected chi connectivity index (χ4v) is 2.95. The minimum Gasteiger partial charge on any atom is -0.507 e. The van der Waals surface area contributed by atoms with Crippen molar-refractivity contribution in [1.29, 1.82) is 0 Å². The molecule has 0 fully saturated rings. The first-order valence-electron chi connectivity index (χ1n) is 8.11. The van der Waals surface area contributed by atoms with Crippen LogP contribution in [0.25, 0.3) is 11.1 Å². The Kier molecular flexibility index (Phi) is 5.06. The molecule has 1 N–H and O–H groups in total. The summed E-state index contributed by atoms with van der Waals surface area (Å²) in [7, 11) is 0. The van der Waals surface area contributed by atoms with Gasteiger partial charge in [0.25, 0.3) is 0 Å². The highest BCUT2D eigenvalue weighted by Gasteiger charge is 2.14. The van der Waals surface area contributed by atoms with E-state index in [-0.39, 0.29) is 0 Å². The average Bonchev–Trinajstić information content (AvgIpc) is 2.53. The molecule has 1 heteroatoms. The van der Waals surface area contributed by atoms with Crippen LogP contribution < -0.4 is 0 Å². The molecule has 0 aliphatic heterocycles. The van der Waals surface area contributed by atoms with Crippen molar-refractivity contribution < 1.29 is 5.11 Å². The molecule has 0 aromatic heterocycles. The van der Waals surface area contributed by atoms with Gasteiger partial charge in [-0.2, -0.15) is 0 Å². The van der Waals surface area contributed by atoms with Crippen molar-refractivity contribution in [3.05, 3.63) is 52.6 Å². The van der Waals surface area contributed by atoms with E-state index in [1.54, 1.807) is 0 Å². The van der Waals surface area contributed by atoms with Gasteiger partial charge in [-0.05, 0) is 59.6 Å². The van der Waals surface area contributed by atoms with Gasteiger partial charge < -0.3 is 5.11 Å². The largest absolute Gasteiger partial charge is 0.507 e. The smallest absolute Gasteiger partial charge is 0.123 e. The SMILES string of the molecule is CCc1ccc(-c2c(O)cc(CC)cc2CC)c(CC)c1. The molecule has 0 saturated heterocycles. The third kappa shape index (κ3) is 3.12. The number of rotatable bonds is 5. The van der Waals surface area contributed by atoms with E-state index in [1.807, 2.05) is 6.07 Å². The van der Waals surface area contributed by atoms with Crippen LogP contribution in [0.2, 0.25) is 0 Å². The third-order valence-electron chi connectivity index (χ3n) is 4.28. The molecule has 0 amide bonds. The minimum absolute atomic E-state index is 0.421. The molecular formula is C20H26O. The van der Waals surface area contributed by atoms with E-state index in [2.05, 4.69) is 52.0 Å². The molecule has 0 spiro atoms. The van der Waals surface area contributed by atoms with Crippen LogP contribution in [-0.2, 0) is 25.7 Å². The molecule has 0 aliphatic rings. The molecule has 0 heterocycles. The van der Waals surface area contributed by atoms with Gasteiger partial charge in [-0.1, -0.05) is 52.0 Å². The van der Waals surface area contributed by atoms with Crippen LogP contribution in [0.1, 0.15) is 49.9 Å². The second-order valence-corrected chi connectivity index (χ2v) is 5.55. The summed E-state index contributed by atoms with van der Waals surface area (Å²) in [6.07, 6.45) is 3.93. The Morgan fingerprint density at radius 3 is 1.90 bits per heavy atom. The predicted molar refractivity (Wildman–Crippen MR) is 91.1 cm³/mol. The predicted octanol–water partition coefficient (Wildman–Crippen LogP) is 5.31. The van der Waals surface area contributed by atoms with Gasteiger partial charge in [-0.15, -0.1) is 0 Å². The number of aromatic hydroxyl groups is 1. The summed E-state index contributed by atoms with van der Waals surface area (Å²) in [5.41, 5.74) is 7.34. The Bertz CT molecular complexity index is 626. The summed E-state index contributed by atoms with van der Waals surface area (Å²) in [5.74, 6) is 0.421. The highest BCUT2D eigenvalue weighted by molar-refractivity contribution is 5.77. The zero-order valence-electron chi connectivity index (χ0n) is 13.7. The van der Waals surface area contributed by atoms with Gasteiger partial charge in [-0.25, -0.2) is 0 Å². The van der Waals surface area contributed by atoms with Crippen molar-refractivity contribution in [2.45, 2.75) is 53.4 Å². The highest BCUT2D eigenvalue weighted by Crippen LogP contribution is 2.37. The lowest BCUT2D eigenvalue weighted by atomic mass is 9.89. The number of phenols is 1. The minimum atomic E-state index is 0.421. The van der Waals surface area contributed by atoms with Gasteiger partial charge in [-0.3, -0.25) is 0 Å². The summed E-state index contributed by atoms with van der Waals surface area (Å²) in [6.45, 7) is 8.64. The number of hydrogen-bond acceptors (Lipinski definition) is 1. The summed E-state index contributed by atoms with van der Waals surface area (Å²) in [5, 5.41) is 10.5. The quantitative estimate of drug-likeness (QED) is 0.788. The van der Waals surface area contributed by atoms with Crippen LogP contribution >= 0.6 is 0 Å². The Morgan fingerprint density at radius 2 is 1.33 bits per heavy atom. The second-order valence-electron chi connectivity index (χ2n) is 5.55. The molecule has 0 aliphatic carbocycles. The standard InChI is InChI=1S/C20H26O/c1-5-14-9-10-18(16(7-3)11-14)20-17(8-4)12-15(6-2)13-19(20)21/h9-13,21H,5-8H2,1-4H3. The molecule has 0 bridgehead atoms. The molecule has 2 rings (SSSR count). The van der Waals surface area contributed by atoms with Crippen LogP contribution in [-0.4, -0.2) is 5.11 Å². The van der Waals surface area contributed by atoms with Gasteiger partial charge >= 0.3 is 0 Å². The normalized spacial score (nSPS) is 10.9. The van der Waals surface area contributed by atoms with Gasteiger partial charge in [0.1, 0.15) is 5.75 Å². The fraction of sp³-hybridized carbons (Fsp3) is 0.400.